The summed E-state index contributed by atoms with van der Waals surface area (Å²) < 4.78 is 2.61. The van der Waals surface area contributed by atoms with Crippen molar-refractivity contribution in [3.63, 3.8) is 0 Å². The van der Waals surface area contributed by atoms with Crippen LogP contribution in [-0.2, 0) is 0 Å². The van der Waals surface area contributed by atoms with E-state index >= 15 is 0 Å². The minimum Gasteiger partial charge on any atom is -0.310 e. The number of rotatable bonds is 4. The molecule has 0 amide bonds. The number of nitrogens with zero attached hydrogens (tertiary/aromatic N) is 1. The molecule has 0 bridgehead atoms. The molecule has 0 saturated heterocycles. The fourth-order valence-corrected chi connectivity index (χ4v) is 8.72. The molecule has 0 fully saturated rings. The van der Waals surface area contributed by atoms with Crippen molar-refractivity contribution in [3.8, 4) is 11.1 Å². The van der Waals surface area contributed by atoms with E-state index in [4.69, 9.17) is 0 Å². The van der Waals surface area contributed by atoms with Crippen molar-refractivity contribution in [3.05, 3.63) is 176 Å². The zero-order valence-corrected chi connectivity index (χ0v) is 26.9. The van der Waals surface area contributed by atoms with E-state index in [1.54, 1.807) is 0 Å². The topological polar surface area (TPSA) is 3.24 Å². The number of hydrogen-bond donors (Lipinski definition) is 0. The maximum Gasteiger partial charge on any atom is 0.0552 e. The zero-order valence-electron chi connectivity index (χ0n) is 26.1. The Labute approximate surface area is 282 Å². The van der Waals surface area contributed by atoms with Gasteiger partial charge in [0, 0.05) is 36.9 Å². The van der Waals surface area contributed by atoms with Gasteiger partial charge in [-0.05, 0) is 85.2 Å². The molecule has 0 atom stereocenters. The molecule has 0 unspecified atom stereocenters. The first kappa shape index (κ1) is 27.2. The number of benzene rings is 9. The van der Waals surface area contributed by atoms with Crippen LogP contribution in [0, 0.1) is 0 Å². The Hall–Kier alpha value is -5.96. The quantitative estimate of drug-likeness (QED) is 0.176. The van der Waals surface area contributed by atoms with Gasteiger partial charge in [-0.25, -0.2) is 0 Å². The van der Waals surface area contributed by atoms with Crippen LogP contribution in [0.4, 0.5) is 17.1 Å². The van der Waals surface area contributed by atoms with Crippen LogP contribution in [0.25, 0.3) is 74.4 Å². The average molecular weight is 628 g/mol. The molecule has 9 aromatic carbocycles. The minimum atomic E-state index is 1.13. The van der Waals surface area contributed by atoms with Gasteiger partial charge in [-0.3, -0.25) is 0 Å². The lowest BCUT2D eigenvalue weighted by Crippen LogP contribution is -2.10. The van der Waals surface area contributed by atoms with Crippen molar-refractivity contribution in [1.29, 1.82) is 0 Å². The van der Waals surface area contributed by atoms with Gasteiger partial charge in [-0.1, -0.05) is 140 Å². The highest BCUT2D eigenvalue weighted by molar-refractivity contribution is 7.25. The first-order chi connectivity index (χ1) is 23.8. The van der Waals surface area contributed by atoms with Crippen LogP contribution < -0.4 is 4.90 Å². The van der Waals surface area contributed by atoms with E-state index in [0.717, 1.165) is 11.4 Å². The lowest BCUT2D eigenvalue weighted by Gasteiger charge is -2.28. The van der Waals surface area contributed by atoms with Crippen LogP contribution in [0.15, 0.2) is 176 Å². The Bertz CT molecular complexity index is 2840. The van der Waals surface area contributed by atoms with E-state index in [0.29, 0.717) is 0 Å². The van der Waals surface area contributed by atoms with Crippen LogP contribution >= 0.6 is 11.3 Å². The van der Waals surface area contributed by atoms with Gasteiger partial charge >= 0.3 is 0 Å². The summed E-state index contributed by atoms with van der Waals surface area (Å²) in [5.41, 5.74) is 5.92. The SMILES string of the molecule is c1ccc2c(-c3ccc(N(c4ccc5c(c4)sc4ccccc45)c4cc5ccccc5c5ccc6ccccc6c45)cc3)cccc2c1. The monoisotopic (exact) mass is 627 g/mol. The van der Waals surface area contributed by atoms with Gasteiger partial charge in [0.15, 0.2) is 0 Å². The van der Waals surface area contributed by atoms with E-state index in [-0.39, 0.29) is 0 Å². The summed E-state index contributed by atoms with van der Waals surface area (Å²) >= 11 is 1.87. The number of anilines is 3. The van der Waals surface area contributed by atoms with Crippen LogP contribution in [0.2, 0.25) is 0 Å². The molecule has 0 spiro atoms. The molecule has 0 aliphatic carbocycles. The molecule has 224 valence electrons. The van der Waals surface area contributed by atoms with Gasteiger partial charge in [-0.2, -0.15) is 0 Å². The fourth-order valence-electron chi connectivity index (χ4n) is 7.58. The molecule has 10 rings (SSSR count). The van der Waals surface area contributed by atoms with Crippen LogP contribution in [-0.4, -0.2) is 0 Å². The molecular weight excluding hydrogens is 599 g/mol. The van der Waals surface area contributed by atoms with Crippen molar-refractivity contribution in [1.82, 2.24) is 0 Å². The normalized spacial score (nSPS) is 11.8. The first-order valence-corrected chi connectivity index (χ1v) is 17.2. The first-order valence-electron chi connectivity index (χ1n) is 16.4. The van der Waals surface area contributed by atoms with Gasteiger partial charge in [0.2, 0.25) is 0 Å². The molecular formula is C46H29NS. The summed E-state index contributed by atoms with van der Waals surface area (Å²) in [7, 11) is 0. The van der Waals surface area contributed by atoms with Crippen LogP contribution in [0.5, 0.6) is 0 Å². The molecule has 0 radical (unpaired) electrons. The highest BCUT2D eigenvalue weighted by Crippen LogP contribution is 2.46. The molecule has 2 heteroatoms. The van der Waals surface area contributed by atoms with Gasteiger partial charge in [0.25, 0.3) is 0 Å². The van der Waals surface area contributed by atoms with E-state index < -0.39 is 0 Å². The molecule has 1 nitrogen and oxygen atoms in total. The zero-order chi connectivity index (χ0) is 31.6. The average Bonchev–Trinajstić information content (AvgIpc) is 3.53. The third kappa shape index (κ3) is 4.24. The maximum atomic E-state index is 2.47. The highest BCUT2D eigenvalue weighted by atomic mass is 32.1. The molecule has 10 aromatic rings. The molecule has 0 aliphatic rings. The lowest BCUT2D eigenvalue weighted by molar-refractivity contribution is 1.31. The summed E-state index contributed by atoms with van der Waals surface area (Å²) in [6.45, 7) is 0. The van der Waals surface area contributed by atoms with Crippen molar-refractivity contribution >= 4 is 91.7 Å². The van der Waals surface area contributed by atoms with E-state index in [9.17, 15) is 0 Å². The molecule has 1 aromatic heterocycles. The largest absolute Gasteiger partial charge is 0.310 e. The highest BCUT2D eigenvalue weighted by Gasteiger charge is 2.20. The predicted octanol–water partition coefficient (Wildman–Crippen LogP) is 13.8. The van der Waals surface area contributed by atoms with Gasteiger partial charge in [0.05, 0.1) is 5.69 Å². The van der Waals surface area contributed by atoms with Crippen molar-refractivity contribution in [2.45, 2.75) is 0 Å². The van der Waals surface area contributed by atoms with Crippen molar-refractivity contribution < 1.29 is 0 Å². The van der Waals surface area contributed by atoms with Crippen molar-refractivity contribution in [2.24, 2.45) is 0 Å². The summed E-state index contributed by atoms with van der Waals surface area (Å²) in [5.74, 6) is 0. The Morgan fingerprint density at radius 2 is 0.958 bits per heavy atom. The second kappa shape index (κ2) is 10.8. The summed E-state index contributed by atoms with van der Waals surface area (Å²) in [5, 5.41) is 12.7. The Balaban J connectivity index is 1.26. The second-order valence-corrected chi connectivity index (χ2v) is 13.6. The number of fused-ring (bicyclic) bond motifs is 9. The third-order valence-corrected chi connectivity index (χ3v) is 10.9. The fraction of sp³-hybridized carbons (Fsp3) is 0. The minimum absolute atomic E-state index is 1.13. The predicted molar refractivity (Wildman–Crippen MR) is 209 cm³/mol. The van der Waals surface area contributed by atoms with Gasteiger partial charge in [-0.15, -0.1) is 11.3 Å². The molecule has 0 N–H and O–H groups in total. The van der Waals surface area contributed by atoms with Gasteiger partial charge < -0.3 is 4.90 Å². The smallest absolute Gasteiger partial charge is 0.0552 e. The van der Waals surface area contributed by atoms with E-state index in [1.165, 1.54) is 80.1 Å². The Morgan fingerprint density at radius 1 is 0.354 bits per heavy atom. The van der Waals surface area contributed by atoms with Gasteiger partial charge in [0.1, 0.15) is 0 Å². The Kier molecular flexibility index (Phi) is 6.12. The van der Waals surface area contributed by atoms with Crippen LogP contribution in [0.1, 0.15) is 0 Å². The number of thiophene rings is 1. The molecule has 0 saturated carbocycles. The Morgan fingerprint density at radius 3 is 1.79 bits per heavy atom. The maximum absolute atomic E-state index is 2.47. The number of hydrogen-bond acceptors (Lipinski definition) is 2. The standard InChI is InChI=1S/C46H29NS/c1-4-14-36-30(10-1)13-9-18-37(36)32-20-23-34(24-21-32)47(35-25-27-41-40-17-7-8-19-44(40)48-45(41)29-35)43-28-33-12-3-5-15-38(33)42-26-22-31-11-2-6-16-39(31)46(42)43/h1-29H. The van der Waals surface area contributed by atoms with E-state index in [2.05, 4.69) is 181 Å². The summed E-state index contributed by atoms with van der Waals surface area (Å²) in [4.78, 5) is 2.47. The van der Waals surface area contributed by atoms with Crippen LogP contribution in [0.3, 0.4) is 0 Å². The summed E-state index contributed by atoms with van der Waals surface area (Å²) in [6, 6.07) is 64.6. The summed E-state index contributed by atoms with van der Waals surface area (Å²) in [6.07, 6.45) is 0. The van der Waals surface area contributed by atoms with E-state index in [1.807, 2.05) is 11.3 Å². The molecule has 0 aliphatic heterocycles. The van der Waals surface area contributed by atoms with Crippen molar-refractivity contribution in [2.75, 3.05) is 4.90 Å². The molecule has 1 heterocycles. The molecule has 48 heavy (non-hydrogen) atoms. The lowest BCUT2D eigenvalue weighted by atomic mass is 9.94. The second-order valence-electron chi connectivity index (χ2n) is 12.5. The third-order valence-electron chi connectivity index (χ3n) is 9.82.